The van der Waals surface area contributed by atoms with Crippen molar-refractivity contribution >= 4 is 12.0 Å². The minimum atomic E-state index is -0.452. The maximum Gasteiger partial charge on any atom is 0.269 e. The number of nitro groups is 1. The number of hydrogen-bond acceptors (Lipinski definition) is 5. The zero-order valence-electron chi connectivity index (χ0n) is 9.85. The molecule has 2 rings (SSSR count). The molecule has 96 valence electrons. The van der Waals surface area contributed by atoms with Crippen molar-refractivity contribution in [1.29, 1.82) is 0 Å². The van der Waals surface area contributed by atoms with Crippen molar-refractivity contribution in [2.75, 3.05) is 0 Å². The minimum absolute atomic E-state index is 0.0424. The molecule has 6 nitrogen and oxygen atoms in total. The van der Waals surface area contributed by atoms with E-state index in [2.05, 4.69) is 4.98 Å². The first kappa shape index (κ1) is 12.7. The van der Waals surface area contributed by atoms with Crippen molar-refractivity contribution in [3.8, 4) is 5.75 Å². The van der Waals surface area contributed by atoms with Crippen LogP contribution in [0.2, 0.25) is 0 Å². The Morgan fingerprint density at radius 3 is 2.47 bits per heavy atom. The first-order valence-electron chi connectivity index (χ1n) is 5.46. The zero-order valence-corrected chi connectivity index (χ0v) is 9.85. The van der Waals surface area contributed by atoms with Crippen molar-refractivity contribution < 1.29 is 14.5 Å². The van der Waals surface area contributed by atoms with Crippen LogP contribution in [0.25, 0.3) is 0 Å². The molecule has 0 saturated carbocycles. The number of nitro benzene ring substituents is 1. The molecular weight excluding hydrogens is 248 g/mol. The lowest BCUT2D eigenvalue weighted by atomic mass is 10.2. The van der Waals surface area contributed by atoms with Gasteiger partial charge < -0.3 is 4.74 Å². The fraction of sp³-hybridized carbons (Fsp3) is 0.0769. The van der Waals surface area contributed by atoms with Crippen molar-refractivity contribution in [1.82, 2.24) is 4.98 Å². The monoisotopic (exact) mass is 258 g/mol. The minimum Gasteiger partial charge on any atom is -0.487 e. The van der Waals surface area contributed by atoms with E-state index in [1.807, 2.05) is 0 Å². The largest absolute Gasteiger partial charge is 0.487 e. The van der Waals surface area contributed by atoms with Gasteiger partial charge in [0.1, 0.15) is 18.1 Å². The second kappa shape index (κ2) is 5.72. The van der Waals surface area contributed by atoms with Gasteiger partial charge in [0, 0.05) is 12.1 Å². The Hall–Kier alpha value is -2.76. The molecule has 0 unspecified atom stereocenters. The number of pyridine rings is 1. The predicted molar refractivity (Wildman–Crippen MR) is 67.1 cm³/mol. The molecule has 0 saturated heterocycles. The number of nitrogens with zero attached hydrogens (tertiary/aromatic N) is 2. The summed E-state index contributed by atoms with van der Waals surface area (Å²) >= 11 is 0. The normalized spacial score (nSPS) is 9.89. The third kappa shape index (κ3) is 3.35. The lowest BCUT2D eigenvalue weighted by Crippen LogP contribution is -1.97. The Morgan fingerprint density at radius 1 is 1.21 bits per heavy atom. The van der Waals surface area contributed by atoms with Crippen LogP contribution in [0.3, 0.4) is 0 Å². The first-order valence-corrected chi connectivity index (χ1v) is 5.46. The van der Waals surface area contributed by atoms with Gasteiger partial charge in [-0.15, -0.1) is 0 Å². The Kier molecular flexibility index (Phi) is 3.82. The van der Waals surface area contributed by atoms with E-state index in [1.54, 1.807) is 24.3 Å². The Bertz CT molecular complexity index is 579. The van der Waals surface area contributed by atoms with Gasteiger partial charge in [0.05, 0.1) is 11.1 Å². The second-order valence-corrected chi connectivity index (χ2v) is 3.75. The number of ether oxygens (including phenoxy) is 1. The fourth-order valence-electron chi connectivity index (χ4n) is 1.43. The Morgan fingerprint density at radius 2 is 1.95 bits per heavy atom. The molecule has 0 atom stereocenters. The molecule has 0 radical (unpaired) electrons. The lowest BCUT2D eigenvalue weighted by Gasteiger charge is -2.05. The van der Waals surface area contributed by atoms with Crippen LogP contribution in [0.5, 0.6) is 5.75 Å². The Labute approximate surface area is 108 Å². The van der Waals surface area contributed by atoms with E-state index in [-0.39, 0.29) is 12.3 Å². The van der Waals surface area contributed by atoms with Crippen LogP contribution in [0.1, 0.15) is 16.1 Å². The third-order valence-electron chi connectivity index (χ3n) is 2.43. The molecule has 0 fully saturated rings. The number of benzene rings is 1. The van der Waals surface area contributed by atoms with Crippen LogP contribution in [0.4, 0.5) is 5.69 Å². The van der Waals surface area contributed by atoms with Gasteiger partial charge in [-0.3, -0.25) is 14.9 Å². The SMILES string of the molecule is O=Cc1ccc(OCc2ccc([N+](=O)[O-])cc2)cn1. The third-order valence-corrected chi connectivity index (χ3v) is 2.43. The molecule has 0 N–H and O–H groups in total. The second-order valence-electron chi connectivity index (χ2n) is 3.75. The van der Waals surface area contributed by atoms with Gasteiger partial charge in [0.25, 0.3) is 5.69 Å². The summed E-state index contributed by atoms with van der Waals surface area (Å²) in [5.74, 6) is 0.531. The summed E-state index contributed by atoms with van der Waals surface area (Å²) in [7, 11) is 0. The molecule has 2 aromatic rings. The van der Waals surface area contributed by atoms with Crippen molar-refractivity contribution in [3.63, 3.8) is 0 Å². The van der Waals surface area contributed by atoms with Crippen LogP contribution in [-0.2, 0) is 6.61 Å². The van der Waals surface area contributed by atoms with Gasteiger partial charge in [-0.2, -0.15) is 0 Å². The number of aldehydes is 1. The highest BCUT2D eigenvalue weighted by molar-refractivity contribution is 5.71. The molecule has 0 aliphatic heterocycles. The van der Waals surface area contributed by atoms with Crippen molar-refractivity contribution in [2.45, 2.75) is 6.61 Å². The van der Waals surface area contributed by atoms with E-state index in [1.165, 1.54) is 18.3 Å². The summed E-state index contributed by atoms with van der Waals surface area (Å²) in [6, 6.07) is 9.30. The van der Waals surface area contributed by atoms with Gasteiger partial charge in [0.15, 0.2) is 6.29 Å². The van der Waals surface area contributed by atoms with Gasteiger partial charge in [0.2, 0.25) is 0 Å². The van der Waals surface area contributed by atoms with Crippen LogP contribution in [0, 0.1) is 10.1 Å². The standard InChI is InChI=1S/C13H10N2O4/c16-8-11-3-6-13(7-14-11)19-9-10-1-4-12(5-2-10)15(17)18/h1-8H,9H2. The molecule has 6 heteroatoms. The van der Waals surface area contributed by atoms with E-state index in [4.69, 9.17) is 4.74 Å². The summed E-state index contributed by atoms with van der Waals surface area (Å²) in [6.45, 7) is 0.278. The highest BCUT2D eigenvalue weighted by Gasteiger charge is 2.04. The molecular formula is C13H10N2O4. The van der Waals surface area contributed by atoms with E-state index in [9.17, 15) is 14.9 Å². The summed E-state index contributed by atoms with van der Waals surface area (Å²) in [5.41, 5.74) is 1.19. The molecule has 0 bridgehead atoms. The molecule has 1 aromatic carbocycles. The summed E-state index contributed by atoms with van der Waals surface area (Å²) in [6.07, 6.45) is 2.11. The number of non-ortho nitro benzene ring substituents is 1. The van der Waals surface area contributed by atoms with Crippen LogP contribution < -0.4 is 4.74 Å². The molecule has 0 spiro atoms. The van der Waals surface area contributed by atoms with Crippen LogP contribution in [0.15, 0.2) is 42.6 Å². The van der Waals surface area contributed by atoms with Crippen LogP contribution >= 0.6 is 0 Å². The predicted octanol–water partition coefficient (Wildman–Crippen LogP) is 2.38. The number of rotatable bonds is 5. The van der Waals surface area contributed by atoms with Crippen molar-refractivity contribution in [3.05, 3.63) is 64.0 Å². The zero-order chi connectivity index (χ0) is 13.7. The fourth-order valence-corrected chi connectivity index (χ4v) is 1.43. The highest BCUT2D eigenvalue weighted by atomic mass is 16.6. The number of carbonyl (C=O) groups is 1. The summed E-state index contributed by atoms with van der Waals surface area (Å²) in [4.78, 5) is 24.3. The summed E-state index contributed by atoms with van der Waals surface area (Å²) in [5, 5.41) is 10.5. The highest BCUT2D eigenvalue weighted by Crippen LogP contribution is 2.15. The van der Waals surface area contributed by atoms with Gasteiger partial charge >= 0.3 is 0 Å². The van der Waals surface area contributed by atoms with Gasteiger partial charge in [-0.25, -0.2) is 4.98 Å². The van der Waals surface area contributed by atoms with Crippen LogP contribution in [-0.4, -0.2) is 16.2 Å². The molecule has 0 amide bonds. The number of hydrogen-bond donors (Lipinski definition) is 0. The molecule has 1 heterocycles. The maximum absolute atomic E-state index is 10.5. The number of carbonyl (C=O) groups excluding carboxylic acids is 1. The quantitative estimate of drug-likeness (QED) is 0.467. The average molecular weight is 258 g/mol. The van der Waals surface area contributed by atoms with E-state index < -0.39 is 4.92 Å². The molecule has 0 aliphatic rings. The maximum atomic E-state index is 10.5. The summed E-state index contributed by atoms with van der Waals surface area (Å²) < 4.78 is 5.44. The molecule has 0 aliphatic carbocycles. The average Bonchev–Trinajstić information content (AvgIpc) is 2.46. The molecule has 19 heavy (non-hydrogen) atoms. The Balaban J connectivity index is 1.97. The van der Waals surface area contributed by atoms with E-state index in [0.29, 0.717) is 17.7 Å². The smallest absolute Gasteiger partial charge is 0.269 e. The van der Waals surface area contributed by atoms with Crippen molar-refractivity contribution in [2.24, 2.45) is 0 Å². The lowest BCUT2D eigenvalue weighted by molar-refractivity contribution is -0.384. The van der Waals surface area contributed by atoms with E-state index >= 15 is 0 Å². The van der Waals surface area contributed by atoms with Gasteiger partial charge in [-0.1, -0.05) is 0 Å². The van der Waals surface area contributed by atoms with Gasteiger partial charge in [-0.05, 0) is 29.8 Å². The number of aromatic nitrogens is 1. The first-order chi connectivity index (χ1) is 9.19. The molecule has 1 aromatic heterocycles. The van der Waals surface area contributed by atoms with E-state index in [0.717, 1.165) is 5.56 Å². The topological polar surface area (TPSA) is 82.3 Å².